The summed E-state index contributed by atoms with van der Waals surface area (Å²) >= 11 is 0. The summed E-state index contributed by atoms with van der Waals surface area (Å²) in [5.74, 6) is -0.915. The van der Waals surface area contributed by atoms with Gasteiger partial charge in [0, 0.05) is 6.54 Å². The number of carbonyl (C=O) groups is 2. The van der Waals surface area contributed by atoms with Crippen LogP contribution in [0.3, 0.4) is 0 Å². The number of nitrogens with one attached hydrogen (secondary N) is 1. The Morgan fingerprint density at radius 2 is 2.17 bits per heavy atom. The topological polar surface area (TPSA) is 107 Å². The molecule has 0 radical (unpaired) electrons. The Balaban J connectivity index is 3.63. The number of esters is 1. The van der Waals surface area contributed by atoms with E-state index in [9.17, 15) is 9.59 Å². The van der Waals surface area contributed by atoms with Gasteiger partial charge in [0.25, 0.3) is 0 Å². The second kappa shape index (κ2) is 5.50. The van der Waals surface area contributed by atoms with Crippen molar-refractivity contribution in [2.45, 2.75) is 6.04 Å². The van der Waals surface area contributed by atoms with Crippen molar-refractivity contribution in [3.63, 3.8) is 0 Å². The van der Waals surface area contributed by atoms with Gasteiger partial charge >= 0.3 is 5.97 Å². The van der Waals surface area contributed by atoms with Crippen LogP contribution in [-0.4, -0.2) is 38.1 Å². The number of rotatable bonds is 4. The predicted molar refractivity (Wildman–Crippen MR) is 42.1 cm³/mol. The Morgan fingerprint density at radius 3 is 2.58 bits per heavy atom. The molecular formula is C6H13N3O3. The lowest BCUT2D eigenvalue weighted by atomic mass is 10.3. The Morgan fingerprint density at radius 1 is 1.58 bits per heavy atom. The summed E-state index contributed by atoms with van der Waals surface area (Å²) in [4.78, 5) is 21.3. The summed E-state index contributed by atoms with van der Waals surface area (Å²) in [6.07, 6.45) is 0. The van der Waals surface area contributed by atoms with E-state index in [0.717, 1.165) is 0 Å². The standard InChI is InChI=1S/C6H13N3O3/c1-12-6(11)4(8)3-9-5(10)2-7/h4H,2-3,7-8H2,1H3,(H,9,10)/t4-/m0/s1. The van der Waals surface area contributed by atoms with E-state index in [1.165, 1.54) is 7.11 Å². The zero-order chi connectivity index (χ0) is 9.56. The summed E-state index contributed by atoms with van der Waals surface area (Å²) in [6.45, 7) is -0.0728. The van der Waals surface area contributed by atoms with Gasteiger partial charge in [0.05, 0.1) is 13.7 Å². The third-order valence-electron chi connectivity index (χ3n) is 1.21. The van der Waals surface area contributed by atoms with Gasteiger partial charge in [0.1, 0.15) is 6.04 Å². The van der Waals surface area contributed by atoms with E-state index >= 15 is 0 Å². The molecule has 0 rings (SSSR count). The Hall–Kier alpha value is -1.14. The average molecular weight is 175 g/mol. The summed E-state index contributed by atoms with van der Waals surface area (Å²) in [5, 5.41) is 2.36. The van der Waals surface area contributed by atoms with E-state index in [-0.39, 0.29) is 19.0 Å². The van der Waals surface area contributed by atoms with Crippen LogP contribution in [0.15, 0.2) is 0 Å². The largest absolute Gasteiger partial charge is 0.468 e. The Labute approximate surface area is 70.2 Å². The molecule has 12 heavy (non-hydrogen) atoms. The smallest absolute Gasteiger partial charge is 0.324 e. The van der Waals surface area contributed by atoms with Crippen LogP contribution in [0, 0.1) is 0 Å². The minimum absolute atomic E-state index is 0.0444. The van der Waals surface area contributed by atoms with E-state index in [0.29, 0.717) is 0 Å². The number of amides is 1. The zero-order valence-electron chi connectivity index (χ0n) is 6.87. The molecule has 0 heterocycles. The molecule has 0 unspecified atom stereocenters. The number of carbonyl (C=O) groups excluding carboxylic acids is 2. The molecule has 0 spiro atoms. The maximum absolute atomic E-state index is 10.7. The van der Waals surface area contributed by atoms with Gasteiger partial charge in [-0.25, -0.2) is 0 Å². The monoisotopic (exact) mass is 175 g/mol. The lowest BCUT2D eigenvalue weighted by Crippen LogP contribution is -2.44. The molecule has 1 amide bonds. The number of hydrogen-bond acceptors (Lipinski definition) is 5. The fraction of sp³-hybridized carbons (Fsp3) is 0.667. The number of nitrogens with two attached hydrogens (primary N) is 2. The number of hydrogen-bond donors (Lipinski definition) is 3. The van der Waals surface area contributed by atoms with Crippen molar-refractivity contribution in [1.29, 1.82) is 0 Å². The van der Waals surface area contributed by atoms with E-state index in [1.807, 2.05) is 0 Å². The third-order valence-corrected chi connectivity index (χ3v) is 1.21. The van der Waals surface area contributed by atoms with Crippen molar-refractivity contribution >= 4 is 11.9 Å². The van der Waals surface area contributed by atoms with E-state index in [1.54, 1.807) is 0 Å². The van der Waals surface area contributed by atoms with Crippen LogP contribution >= 0.6 is 0 Å². The van der Waals surface area contributed by atoms with E-state index in [2.05, 4.69) is 10.1 Å². The second-order valence-electron chi connectivity index (χ2n) is 2.14. The maximum Gasteiger partial charge on any atom is 0.324 e. The average Bonchev–Trinajstić information content (AvgIpc) is 2.11. The first kappa shape index (κ1) is 10.9. The lowest BCUT2D eigenvalue weighted by Gasteiger charge is -2.09. The van der Waals surface area contributed by atoms with Gasteiger partial charge in [-0.3, -0.25) is 9.59 Å². The molecule has 0 saturated heterocycles. The summed E-state index contributed by atoms with van der Waals surface area (Å²) < 4.78 is 4.33. The summed E-state index contributed by atoms with van der Waals surface area (Å²) in [5.41, 5.74) is 10.3. The van der Waals surface area contributed by atoms with Crippen molar-refractivity contribution in [3.8, 4) is 0 Å². The Kier molecular flexibility index (Phi) is 4.98. The second-order valence-corrected chi connectivity index (χ2v) is 2.14. The van der Waals surface area contributed by atoms with Gasteiger partial charge in [-0.05, 0) is 0 Å². The zero-order valence-corrected chi connectivity index (χ0v) is 6.87. The SMILES string of the molecule is COC(=O)[C@@H](N)CNC(=O)CN. The molecule has 0 bridgehead atoms. The molecule has 6 heteroatoms. The van der Waals surface area contributed by atoms with Crippen LogP contribution < -0.4 is 16.8 Å². The van der Waals surface area contributed by atoms with Crippen LogP contribution in [0.25, 0.3) is 0 Å². The van der Waals surface area contributed by atoms with Gasteiger partial charge in [-0.15, -0.1) is 0 Å². The molecule has 6 nitrogen and oxygen atoms in total. The minimum Gasteiger partial charge on any atom is -0.468 e. The van der Waals surface area contributed by atoms with Gasteiger partial charge in [-0.1, -0.05) is 0 Å². The first-order valence-electron chi connectivity index (χ1n) is 3.42. The normalized spacial score (nSPS) is 11.9. The van der Waals surface area contributed by atoms with Crippen LogP contribution in [0.5, 0.6) is 0 Å². The number of methoxy groups -OCH3 is 1. The van der Waals surface area contributed by atoms with Crippen molar-refractivity contribution in [3.05, 3.63) is 0 Å². The molecule has 1 atom stereocenters. The van der Waals surface area contributed by atoms with Crippen LogP contribution in [0.4, 0.5) is 0 Å². The summed E-state index contributed by atoms with van der Waals surface area (Å²) in [7, 11) is 1.23. The lowest BCUT2D eigenvalue weighted by molar-refractivity contribution is -0.142. The van der Waals surface area contributed by atoms with Crippen molar-refractivity contribution in [1.82, 2.24) is 5.32 Å². The van der Waals surface area contributed by atoms with Crippen LogP contribution in [-0.2, 0) is 14.3 Å². The van der Waals surface area contributed by atoms with Gasteiger partial charge < -0.3 is 21.5 Å². The van der Waals surface area contributed by atoms with Gasteiger partial charge in [0.15, 0.2) is 0 Å². The highest BCUT2D eigenvalue weighted by Gasteiger charge is 2.13. The highest BCUT2D eigenvalue weighted by molar-refractivity contribution is 5.80. The van der Waals surface area contributed by atoms with E-state index in [4.69, 9.17) is 11.5 Å². The highest BCUT2D eigenvalue weighted by atomic mass is 16.5. The molecule has 70 valence electrons. The molecule has 0 aliphatic carbocycles. The van der Waals surface area contributed by atoms with Crippen molar-refractivity contribution in [2.24, 2.45) is 11.5 Å². The third kappa shape index (κ3) is 3.89. The van der Waals surface area contributed by atoms with Crippen LogP contribution in [0.2, 0.25) is 0 Å². The molecule has 0 aromatic rings. The fourth-order valence-corrected chi connectivity index (χ4v) is 0.531. The van der Waals surface area contributed by atoms with Gasteiger partial charge in [0.2, 0.25) is 5.91 Å². The molecule has 0 aliphatic heterocycles. The summed E-state index contributed by atoms with van der Waals surface area (Å²) in [6, 6.07) is -0.828. The van der Waals surface area contributed by atoms with E-state index < -0.39 is 12.0 Å². The van der Waals surface area contributed by atoms with Crippen molar-refractivity contribution < 1.29 is 14.3 Å². The molecular weight excluding hydrogens is 162 g/mol. The first-order valence-corrected chi connectivity index (χ1v) is 3.42. The fourth-order valence-electron chi connectivity index (χ4n) is 0.531. The molecule has 0 aromatic carbocycles. The maximum atomic E-state index is 10.7. The minimum atomic E-state index is -0.828. The van der Waals surface area contributed by atoms with Crippen molar-refractivity contribution in [2.75, 3.05) is 20.2 Å². The predicted octanol–water partition coefficient (Wildman–Crippen LogP) is -2.44. The molecule has 0 saturated carbocycles. The number of ether oxygens (including phenoxy) is 1. The molecule has 0 aromatic heterocycles. The van der Waals surface area contributed by atoms with Crippen LogP contribution in [0.1, 0.15) is 0 Å². The molecule has 0 aliphatic rings. The first-order chi connectivity index (χ1) is 5.61. The Bertz CT molecular complexity index is 171. The quantitative estimate of drug-likeness (QED) is 0.411. The van der Waals surface area contributed by atoms with Gasteiger partial charge in [-0.2, -0.15) is 0 Å². The highest BCUT2D eigenvalue weighted by Crippen LogP contribution is 1.80. The molecule has 5 N–H and O–H groups in total. The molecule has 0 fully saturated rings.